The van der Waals surface area contributed by atoms with Crippen LogP contribution >= 0.6 is 0 Å². The molecule has 39 heavy (non-hydrogen) atoms. The number of fused-ring (bicyclic) bond motifs is 2. The molecule has 0 bridgehead atoms. The van der Waals surface area contributed by atoms with Gasteiger partial charge in [0, 0.05) is 35.8 Å². The Labute approximate surface area is 222 Å². The van der Waals surface area contributed by atoms with Gasteiger partial charge >= 0.3 is 6.18 Å². The number of nitrogens with zero attached hydrogens (tertiary/aromatic N) is 5. The van der Waals surface area contributed by atoms with Gasteiger partial charge in [-0.25, -0.2) is 19.3 Å². The van der Waals surface area contributed by atoms with Crippen LogP contribution in [0.15, 0.2) is 47.4 Å². The van der Waals surface area contributed by atoms with Gasteiger partial charge in [-0.1, -0.05) is 39.8 Å². The molecule has 1 aliphatic heterocycles. The van der Waals surface area contributed by atoms with Crippen LogP contribution in [0.5, 0.6) is 0 Å². The molecule has 5 rings (SSSR count). The molecule has 1 aromatic carbocycles. The lowest BCUT2D eigenvalue weighted by molar-refractivity contribution is -0.144. The van der Waals surface area contributed by atoms with E-state index in [0.29, 0.717) is 22.6 Å². The fourth-order valence-electron chi connectivity index (χ4n) is 4.83. The maximum Gasteiger partial charge on any atom is 0.408 e. The van der Waals surface area contributed by atoms with Gasteiger partial charge in [-0.15, -0.1) is 0 Å². The number of aromatic nitrogens is 5. The van der Waals surface area contributed by atoms with Gasteiger partial charge in [-0.3, -0.25) is 9.18 Å². The smallest absolute Gasteiger partial charge is 0.324 e. The first-order chi connectivity index (χ1) is 18.3. The van der Waals surface area contributed by atoms with Gasteiger partial charge in [0.15, 0.2) is 11.5 Å². The molecule has 0 saturated carbocycles. The van der Waals surface area contributed by atoms with Crippen LogP contribution < -0.4 is 16.2 Å². The van der Waals surface area contributed by atoms with Crippen molar-refractivity contribution in [1.29, 1.82) is 0 Å². The zero-order chi connectivity index (χ0) is 28.2. The van der Waals surface area contributed by atoms with Gasteiger partial charge in [0.25, 0.3) is 5.56 Å². The number of benzene rings is 1. The first-order valence-corrected chi connectivity index (χ1v) is 12.5. The Morgan fingerprint density at radius 2 is 1.90 bits per heavy atom. The van der Waals surface area contributed by atoms with Crippen molar-refractivity contribution in [3.63, 3.8) is 0 Å². The largest absolute Gasteiger partial charge is 0.408 e. The summed E-state index contributed by atoms with van der Waals surface area (Å²) in [6.45, 7) is 6.85. The fourth-order valence-corrected chi connectivity index (χ4v) is 4.83. The summed E-state index contributed by atoms with van der Waals surface area (Å²) in [5.74, 6) is 0.112. The minimum atomic E-state index is -4.69. The van der Waals surface area contributed by atoms with Crippen LogP contribution in [-0.2, 0) is 23.9 Å². The number of alkyl halides is 4. The second-order valence-electron chi connectivity index (χ2n) is 11.1. The zero-order valence-corrected chi connectivity index (χ0v) is 22.0. The second kappa shape index (κ2) is 9.44. The predicted molar refractivity (Wildman–Crippen MR) is 140 cm³/mol. The van der Waals surface area contributed by atoms with Gasteiger partial charge < -0.3 is 10.6 Å². The minimum absolute atomic E-state index is 0.0112. The summed E-state index contributed by atoms with van der Waals surface area (Å²) >= 11 is 0. The van der Waals surface area contributed by atoms with Gasteiger partial charge in [-0.2, -0.15) is 18.2 Å². The average Bonchev–Trinajstić information content (AvgIpc) is 3.13. The summed E-state index contributed by atoms with van der Waals surface area (Å²) in [6, 6.07) is 10.5. The highest BCUT2D eigenvalue weighted by Crippen LogP contribution is 2.32. The number of hydrogen-bond donors (Lipinski definition) is 2. The molecule has 3 aromatic heterocycles. The Bertz CT molecular complexity index is 1600. The highest BCUT2D eigenvalue weighted by atomic mass is 19.4. The maximum absolute atomic E-state index is 13.7. The molecule has 4 heterocycles. The van der Waals surface area contributed by atoms with Crippen molar-refractivity contribution in [2.24, 2.45) is 0 Å². The normalized spacial score (nSPS) is 15.4. The molecule has 12 heteroatoms. The molecular formula is C27H29F4N7O. The van der Waals surface area contributed by atoms with Gasteiger partial charge in [0.05, 0.1) is 5.69 Å². The first kappa shape index (κ1) is 26.8. The lowest BCUT2D eigenvalue weighted by atomic mass is 9.79. The summed E-state index contributed by atoms with van der Waals surface area (Å²) in [5, 5.41) is 6.40. The van der Waals surface area contributed by atoms with Crippen LogP contribution in [0, 0.1) is 0 Å². The van der Waals surface area contributed by atoms with E-state index >= 15 is 0 Å². The predicted octanol–water partition coefficient (Wildman–Crippen LogP) is 4.91. The van der Waals surface area contributed by atoms with E-state index in [2.05, 4.69) is 39.4 Å². The molecule has 1 aliphatic rings. The summed E-state index contributed by atoms with van der Waals surface area (Å²) in [6.07, 6.45) is -3.49. The molecule has 0 unspecified atom stereocenters. The molecule has 0 atom stereocenters. The van der Waals surface area contributed by atoms with Crippen LogP contribution in [0.3, 0.4) is 0 Å². The highest BCUT2D eigenvalue weighted by molar-refractivity contribution is 5.77. The van der Waals surface area contributed by atoms with E-state index in [1.807, 2.05) is 18.2 Å². The SMILES string of the molecule is CC(C)(CF)c1cccc(-n2c3nc(Nc4ccc5c(c4)CNCC5(C)C)ncc3c(=O)n2CC(F)(F)F)n1. The van der Waals surface area contributed by atoms with E-state index in [0.717, 1.165) is 16.8 Å². The van der Waals surface area contributed by atoms with Crippen LogP contribution in [0.25, 0.3) is 16.9 Å². The molecule has 206 valence electrons. The summed E-state index contributed by atoms with van der Waals surface area (Å²) in [4.78, 5) is 26.1. The first-order valence-electron chi connectivity index (χ1n) is 12.5. The molecule has 0 amide bonds. The molecule has 0 radical (unpaired) electrons. The van der Waals surface area contributed by atoms with E-state index in [-0.39, 0.29) is 28.2 Å². The molecule has 2 N–H and O–H groups in total. The van der Waals surface area contributed by atoms with Crippen molar-refractivity contribution in [3.8, 4) is 5.82 Å². The fraction of sp³-hybridized carbons (Fsp3) is 0.407. The van der Waals surface area contributed by atoms with Crippen LogP contribution in [-0.4, -0.2) is 43.7 Å². The van der Waals surface area contributed by atoms with Crippen LogP contribution in [0.2, 0.25) is 0 Å². The molecular weight excluding hydrogens is 514 g/mol. The van der Waals surface area contributed by atoms with Crippen LogP contribution in [0.1, 0.15) is 44.5 Å². The number of pyridine rings is 1. The third-order valence-corrected chi connectivity index (χ3v) is 6.96. The van der Waals surface area contributed by atoms with Crippen LogP contribution in [0.4, 0.5) is 29.2 Å². The van der Waals surface area contributed by atoms with E-state index in [9.17, 15) is 22.4 Å². The second-order valence-corrected chi connectivity index (χ2v) is 11.1. The van der Waals surface area contributed by atoms with Crippen molar-refractivity contribution in [2.75, 3.05) is 18.5 Å². The average molecular weight is 544 g/mol. The Hall–Kier alpha value is -3.80. The van der Waals surface area contributed by atoms with E-state index in [4.69, 9.17) is 0 Å². The number of nitrogens with one attached hydrogen (secondary N) is 2. The van der Waals surface area contributed by atoms with Crippen molar-refractivity contribution in [1.82, 2.24) is 29.6 Å². The molecule has 0 spiro atoms. The lowest BCUT2D eigenvalue weighted by Gasteiger charge is -2.33. The Morgan fingerprint density at radius 1 is 1.13 bits per heavy atom. The van der Waals surface area contributed by atoms with E-state index in [1.165, 1.54) is 17.8 Å². The number of halogens is 4. The molecule has 8 nitrogen and oxygen atoms in total. The Kier molecular flexibility index (Phi) is 6.48. The minimum Gasteiger partial charge on any atom is -0.324 e. The maximum atomic E-state index is 13.7. The van der Waals surface area contributed by atoms with Crippen molar-refractivity contribution in [2.45, 2.75) is 57.8 Å². The van der Waals surface area contributed by atoms with Gasteiger partial charge in [0.1, 0.15) is 18.6 Å². The molecule has 4 aromatic rings. The van der Waals surface area contributed by atoms with Gasteiger partial charge in [0.2, 0.25) is 5.95 Å². The number of anilines is 2. The van der Waals surface area contributed by atoms with Crippen molar-refractivity contribution >= 4 is 22.7 Å². The summed E-state index contributed by atoms with van der Waals surface area (Å²) in [5.41, 5.74) is 1.39. The zero-order valence-electron chi connectivity index (χ0n) is 22.0. The quantitative estimate of drug-likeness (QED) is 0.336. The molecule has 0 saturated heterocycles. The monoisotopic (exact) mass is 543 g/mol. The van der Waals surface area contributed by atoms with Gasteiger partial charge in [-0.05, 0) is 35.4 Å². The Balaban J connectivity index is 1.63. The summed E-state index contributed by atoms with van der Waals surface area (Å²) in [7, 11) is 0. The third kappa shape index (κ3) is 5.12. The number of rotatable bonds is 6. The number of hydrogen-bond acceptors (Lipinski definition) is 6. The summed E-state index contributed by atoms with van der Waals surface area (Å²) < 4.78 is 55.8. The van der Waals surface area contributed by atoms with Crippen molar-refractivity contribution < 1.29 is 17.6 Å². The molecule has 0 fully saturated rings. The van der Waals surface area contributed by atoms with E-state index in [1.54, 1.807) is 26.0 Å². The Morgan fingerprint density at radius 3 is 2.62 bits per heavy atom. The molecule has 0 aliphatic carbocycles. The third-order valence-electron chi connectivity index (χ3n) is 6.96. The van der Waals surface area contributed by atoms with E-state index < -0.39 is 30.4 Å². The lowest BCUT2D eigenvalue weighted by Crippen LogP contribution is -2.38. The van der Waals surface area contributed by atoms with Crippen molar-refractivity contribution in [3.05, 3.63) is 69.8 Å². The topological polar surface area (TPSA) is 89.7 Å². The standard InChI is InChI=1S/C27H29F4N7O/c1-25(2,13-28)20-6-5-7-21(35-20)38-22-18(23(39)37(38)15-27(29,30)31)12-33-24(36-22)34-17-8-9-19-16(10-17)11-32-14-26(19,3)4/h5-10,12,32H,11,13-15H2,1-4H3,(H,33,34,36). The highest BCUT2D eigenvalue weighted by Gasteiger charge is 2.33.